The van der Waals surface area contributed by atoms with Gasteiger partial charge in [-0.2, -0.15) is 0 Å². The van der Waals surface area contributed by atoms with Crippen LogP contribution in [-0.2, 0) is 8.53 Å². The summed E-state index contributed by atoms with van der Waals surface area (Å²) in [4.78, 5) is 12.7. The average molecular weight is 401 g/mol. The second kappa shape index (κ2) is 6.46. The smallest absolute Gasteiger partial charge is 1.00 e. The Hall–Kier alpha value is -0.292. The molecule has 3 rings (SSSR count). The van der Waals surface area contributed by atoms with E-state index >= 15 is 0 Å². The molecule has 2 fully saturated rings. The summed E-state index contributed by atoms with van der Waals surface area (Å²) < 4.78 is 31.2. The first kappa shape index (κ1) is 20.0. The van der Waals surface area contributed by atoms with Crippen LogP contribution in [0.1, 0.15) is 33.6 Å². The molecule has 3 atom stereocenters. The number of nitrogens with one attached hydrogen (secondary N) is 1. The van der Waals surface area contributed by atoms with E-state index in [1.165, 1.54) is 12.1 Å². The molecule has 24 heavy (non-hydrogen) atoms. The summed E-state index contributed by atoms with van der Waals surface area (Å²) in [5.41, 5.74) is 1.19. The first-order chi connectivity index (χ1) is 10.6. The monoisotopic (exact) mass is 401 g/mol. The zero-order chi connectivity index (χ0) is 17.0. The summed E-state index contributed by atoms with van der Waals surface area (Å²) in [5, 5.41) is 3.09. The first-order valence-corrected chi connectivity index (χ1v) is 11.0. The van der Waals surface area contributed by atoms with Gasteiger partial charge in [-0.05, 0) is 0 Å². The Morgan fingerprint density at radius 3 is 2.33 bits per heavy atom. The number of hydrogen-bond donors (Lipinski definition) is 2. The third-order valence-electron chi connectivity index (χ3n) is 5.95. The minimum absolute atomic E-state index is 0. The van der Waals surface area contributed by atoms with Crippen LogP contribution in [0.4, 0.5) is 5.69 Å². The minimum Gasteiger partial charge on any atom is 1.00 e. The van der Waals surface area contributed by atoms with E-state index in [0.717, 1.165) is 18.4 Å². The summed E-state index contributed by atoms with van der Waals surface area (Å²) in [6.45, 7) is 6.38. The molecule has 2 saturated carbocycles. The zero-order valence-corrected chi connectivity index (χ0v) is 18.4. The Balaban J connectivity index is 0.00000208. The van der Waals surface area contributed by atoms with Gasteiger partial charge in [-0.25, -0.2) is 0 Å². The third-order valence-corrected chi connectivity index (χ3v) is 7.95. The van der Waals surface area contributed by atoms with E-state index < -0.39 is 14.2 Å². The fraction of sp³-hybridized carbons (Fsp3) is 0.471. The number of rotatable bonds is 3. The topological polar surface area (TPSA) is 89.5 Å². The molecule has 124 valence electrons. The number of benzene rings is 1. The Morgan fingerprint density at radius 2 is 1.88 bits per heavy atom. The molecule has 2 bridgehead atoms. The Labute approximate surface area is 167 Å². The van der Waals surface area contributed by atoms with E-state index in [0.29, 0.717) is 5.69 Å². The molecule has 2 aliphatic carbocycles. The number of hydrogen-bond acceptors (Lipinski definition) is 4. The Bertz CT molecular complexity index is 737. The van der Waals surface area contributed by atoms with Crippen LogP contribution >= 0.6 is 0 Å². The van der Waals surface area contributed by atoms with Crippen molar-refractivity contribution < 1.29 is 46.3 Å². The molecule has 2 aliphatic rings. The van der Waals surface area contributed by atoms with Gasteiger partial charge in [0.2, 0.25) is 0 Å². The number of fused-ring (bicyclic) bond motifs is 2. The number of ketones is 1. The number of carbonyl (C=O) groups is 1. The van der Waals surface area contributed by atoms with Crippen molar-refractivity contribution in [3.8, 4) is 0 Å². The van der Waals surface area contributed by atoms with Gasteiger partial charge < -0.3 is 0 Å². The van der Waals surface area contributed by atoms with Crippen molar-refractivity contribution in [1.82, 2.24) is 0 Å². The summed E-state index contributed by atoms with van der Waals surface area (Å²) in [6.07, 6.45) is 3.72. The van der Waals surface area contributed by atoms with Crippen LogP contribution in [0.3, 0.4) is 0 Å². The van der Waals surface area contributed by atoms with Gasteiger partial charge in [0.15, 0.2) is 0 Å². The van der Waals surface area contributed by atoms with Crippen molar-refractivity contribution in [2.75, 3.05) is 5.32 Å². The van der Waals surface area contributed by atoms with Gasteiger partial charge >= 0.3 is 168 Å². The summed E-state index contributed by atoms with van der Waals surface area (Å²) >= 11 is -5.09. The van der Waals surface area contributed by atoms with Crippen LogP contribution in [0.2, 0.25) is 0 Å². The number of Topliss-reactive ketones (excluding diaryl/α,β-unsaturated/α-hetero) is 1. The van der Waals surface area contributed by atoms with Crippen LogP contribution in [0.25, 0.3) is 0 Å². The second-order valence-corrected chi connectivity index (χ2v) is 10.6. The molecule has 0 spiro atoms. The average Bonchev–Trinajstić information content (AvgIpc) is 2.77. The molecule has 0 radical (unpaired) electrons. The maximum Gasteiger partial charge on any atom is 1.00 e. The van der Waals surface area contributed by atoms with Crippen LogP contribution < -0.4 is 43.3 Å². The fourth-order valence-corrected chi connectivity index (χ4v) is 5.10. The molecule has 0 amide bonds. The van der Waals surface area contributed by atoms with Crippen molar-refractivity contribution in [2.24, 2.45) is 16.7 Å². The quantitative estimate of drug-likeness (QED) is 0.449. The molecule has 1 aromatic rings. The normalized spacial score (nSPS) is 31.6. The molecule has 2 N–H and O–H groups in total. The predicted molar refractivity (Wildman–Crippen MR) is 86.1 cm³/mol. The van der Waals surface area contributed by atoms with Crippen LogP contribution in [0.5, 0.6) is 0 Å². The predicted octanol–water partition coefficient (Wildman–Crippen LogP) is -2.06. The molecule has 3 unspecified atom stereocenters. The number of allylic oxidation sites excluding steroid dienone is 1. The fourth-order valence-electron chi connectivity index (χ4n) is 4.00. The molecule has 1 aromatic carbocycles. The molecule has 0 aromatic heterocycles. The van der Waals surface area contributed by atoms with Gasteiger partial charge in [-0.15, -0.1) is 0 Å². The van der Waals surface area contributed by atoms with Gasteiger partial charge in [0.05, 0.1) is 0 Å². The van der Waals surface area contributed by atoms with Crippen molar-refractivity contribution in [3.05, 3.63) is 36.0 Å². The molecule has 0 aliphatic heterocycles. The van der Waals surface area contributed by atoms with Gasteiger partial charge in [-0.3, -0.25) is 0 Å². The molecule has 7 heteroatoms. The maximum absolute atomic E-state index is 12.7. The second-order valence-electron chi connectivity index (χ2n) is 7.29. The molecular formula is C17H21AsNNaO4. The van der Waals surface area contributed by atoms with E-state index in [-0.39, 0.29) is 56.4 Å². The van der Waals surface area contributed by atoms with Crippen molar-refractivity contribution in [3.63, 3.8) is 0 Å². The van der Waals surface area contributed by atoms with Gasteiger partial charge in [0, 0.05) is 0 Å². The first-order valence-electron chi connectivity index (χ1n) is 7.73. The molecule has 0 heterocycles. The zero-order valence-electron chi connectivity index (χ0n) is 14.5. The Morgan fingerprint density at radius 1 is 1.29 bits per heavy atom. The van der Waals surface area contributed by atoms with E-state index in [1.54, 1.807) is 18.3 Å². The van der Waals surface area contributed by atoms with Crippen molar-refractivity contribution in [2.45, 2.75) is 33.6 Å². The maximum atomic E-state index is 12.7. The standard InChI is InChI=1S/C17H22AsNO4.Na/c1-16(2)14-8-9-17(16,3)15(20)13(14)10-19-12-6-4-11(5-7-12)18(21,22)23;/h4-7,10,14,19H,8-9H2,1-3H3,(H2,21,22,23);/q;+1/p-1. The van der Waals surface area contributed by atoms with Crippen LogP contribution in [-0.4, -0.2) is 24.1 Å². The van der Waals surface area contributed by atoms with Gasteiger partial charge in [0.25, 0.3) is 0 Å². The molecule has 0 saturated heterocycles. The van der Waals surface area contributed by atoms with E-state index in [4.69, 9.17) is 4.10 Å². The third kappa shape index (κ3) is 3.00. The SMILES string of the molecule is CC12CCC(C(=CNc3ccc([As](=O)([O-])O)cc3)C1=O)C2(C)C.[Na+]. The minimum atomic E-state index is -5.09. The van der Waals surface area contributed by atoms with Crippen LogP contribution in [0.15, 0.2) is 36.0 Å². The van der Waals surface area contributed by atoms with Crippen molar-refractivity contribution >= 4 is 30.0 Å². The van der Waals surface area contributed by atoms with Crippen molar-refractivity contribution in [1.29, 1.82) is 0 Å². The molecular weight excluding hydrogens is 380 g/mol. The van der Waals surface area contributed by atoms with E-state index in [2.05, 4.69) is 26.1 Å². The van der Waals surface area contributed by atoms with E-state index in [1.807, 2.05) is 0 Å². The number of anilines is 1. The van der Waals surface area contributed by atoms with Gasteiger partial charge in [-0.1, -0.05) is 0 Å². The molecule has 5 nitrogen and oxygen atoms in total. The van der Waals surface area contributed by atoms with Crippen LogP contribution in [0, 0.1) is 16.7 Å². The van der Waals surface area contributed by atoms with E-state index in [9.17, 15) is 12.6 Å². The summed E-state index contributed by atoms with van der Waals surface area (Å²) in [7, 11) is 0. The summed E-state index contributed by atoms with van der Waals surface area (Å²) in [6, 6.07) is 5.89. The summed E-state index contributed by atoms with van der Waals surface area (Å²) in [5.74, 6) is 0.472. The number of carbonyl (C=O) groups excluding carboxylic acids is 1. The largest absolute Gasteiger partial charge is 1.00 e. The Kier molecular flexibility index (Phi) is 5.39. The van der Waals surface area contributed by atoms with Gasteiger partial charge in [0.1, 0.15) is 0 Å².